The molecule has 2 aromatic carbocycles. The predicted octanol–water partition coefficient (Wildman–Crippen LogP) is 4.42. The van der Waals surface area contributed by atoms with Gasteiger partial charge >= 0.3 is 0 Å². The SMILES string of the molecule is C=C(C#N)CNc1c(OCCOC)ccc2ccc(-c3nccc(C(=O)N[C@H]4CC[C@H](N(C)C)CC4)n3)cc12. The average Bonchev–Trinajstić information content (AvgIpc) is 2.96. The third-order valence-electron chi connectivity index (χ3n) is 7.07. The average molecular weight is 529 g/mol. The number of methoxy groups -OCH3 is 1. The number of nitrogens with zero attached hydrogens (tertiary/aromatic N) is 4. The first-order chi connectivity index (χ1) is 18.9. The molecule has 0 unspecified atom stereocenters. The molecule has 0 radical (unpaired) electrons. The van der Waals surface area contributed by atoms with Crippen molar-refractivity contribution in [3.8, 4) is 23.2 Å². The van der Waals surface area contributed by atoms with Crippen LogP contribution in [0.2, 0.25) is 0 Å². The lowest BCUT2D eigenvalue weighted by Crippen LogP contribution is -2.42. The maximum atomic E-state index is 13.0. The minimum absolute atomic E-state index is 0.154. The highest BCUT2D eigenvalue weighted by Crippen LogP contribution is 2.35. The highest BCUT2D eigenvalue weighted by Gasteiger charge is 2.24. The first-order valence-electron chi connectivity index (χ1n) is 13.2. The summed E-state index contributed by atoms with van der Waals surface area (Å²) in [6, 6.07) is 14.2. The van der Waals surface area contributed by atoms with Gasteiger partial charge in [-0.3, -0.25) is 4.79 Å². The fraction of sp³-hybridized carbons (Fsp3) is 0.400. The van der Waals surface area contributed by atoms with Gasteiger partial charge in [-0.1, -0.05) is 24.8 Å². The van der Waals surface area contributed by atoms with E-state index in [0.29, 0.717) is 42.1 Å². The number of nitriles is 1. The summed E-state index contributed by atoms with van der Waals surface area (Å²) in [6.45, 7) is 4.88. The molecule has 0 aliphatic heterocycles. The molecule has 3 aromatic rings. The largest absolute Gasteiger partial charge is 0.489 e. The van der Waals surface area contributed by atoms with Gasteiger partial charge in [0.25, 0.3) is 5.91 Å². The molecule has 1 aromatic heterocycles. The number of nitrogens with one attached hydrogen (secondary N) is 2. The Hall–Kier alpha value is -4.00. The minimum atomic E-state index is -0.182. The summed E-state index contributed by atoms with van der Waals surface area (Å²) in [6.07, 6.45) is 5.67. The van der Waals surface area contributed by atoms with Crippen molar-refractivity contribution >= 4 is 22.4 Å². The molecule has 0 atom stereocenters. The second-order valence-electron chi connectivity index (χ2n) is 9.99. The monoisotopic (exact) mass is 528 g/mol. The smallest absolute Gasteiger partial charge is 0.270 e. The van der Waals surface area contributed by atoms with E-state index >= 15 is 0 Å². The van der Waals surface area contributed by atoms with E-state index in [1.165, 1.54) is 0 Å². The molecule has 1 aliphatic rings. The molecule has 9 nitrogen and oxygen atoms in total. The third kappa shape index (κ3) is 7.11. The number of benzene rings is 2. The molecule has 0 saturated heterocycles. The topological polar surface area (TPSA) is 112 Å². The van der Waals surface area contributed by atoms with Gasteiger partial charge in [-0.15, -0.1) is 0 Å². The first-order valence-corrected chi connectivity index (χ1v) is 13.2. The predicted molar refractivity (Wildman–Crippen MR) is 153 cm³/mol. The number of carbonyl (C=O) groups is 1. The lowest BCUT2D eigenvalue weighted by molar-refractivity contribution is 0.0911. The van der Waals surface area contributed by atoms with Crippen LogP contribution in [0, 0.1) is 11.3 Å². The van der Waals surface area contributed by atoms with Crippen LogP contribution in [0.5, 0.6) is 5.75 Å². The molecule has 204 valence electrons. The van der Waals surface area contributed by atoms with Crippen molar-refractivity contribution in [2.75, 3.05) is 46.3 Å². The molecule has 0 spiro atoms. The number of amides is 1. The maximum absolute atomic E-state index is 13.0. The molecule has 0 bridgehead atoms. The highest BCUT2D eigenvalue weighted by atomic mass is 16.5. The van der Waals surface area contributed by atoms with Crippen LogP contribution in [0.25, 0.3) is 22.2 Å². The quantitative estimate of drug-likeness (QED) is 0.278. The molecule has 4 rings (SSSR count). The summed E-state index contributed by atoms with van der Waals surface area (Å²) < 4.78 is 11.1. The van der Waals surface area contributed by atoms with Crippen molar-refractivity contribution in [2.24, 2.45) is 0 Å². The van der Waals surface area contributed by atoms with Gasteiger partial charge in [0.05, 0.1) is 18.4 Å². The molecule has 39 heavy (non-hydrogen) atoms. The maximum Gasteiger partial charge on any atom is 0.270 e. The molecule has 1 fully saturated rings. The second kappa shape index (κ2) is 13.2. The van der Waals surface area contributed by atoms with E-state index in [0.717, 1.165) is 47.7 Å². The first kappa shape index (κ1) is 28.0. The number of aromatic nitrogens is 2. The van der Waals surface area contributed by atoms with Crippen molar-refractivity contribution in [2.45, 2.75) is 37.8 Å². The van der Waals surface area contributed by atoms with Crippen molar-refractivity contribution in [1.82, 2.24) is 20.2 Å². The fourth-order valence-corrected chi connectivity index (χ4v) is 4.83. The minimum Gasteiger partial charge on any atom is -0.489 e. The lowest BCUT2D eigenvalue weighted by atomic mass is 9.90. The van der Waals surface area contributed by atoms with Crippen LogP contribution in [0.3, 0.4) is 0 Å². The van der Waals surface area contributed by atoms with E-state index in [1.54, 1.807) is 19.4 Å². The number of anilines is 1. The van der Waals surface area contributed by atoms with Gasteiger partial charge in [-0.2, -0.15) is 5.26 Å². The number of ether oxygens (including phenoxy) is 2. The highest BCUT2D eigenvalue weighted by molar-refractivity contribution is 5.99. The third-order valence-corrected chi connectivity index (χ3v) is 7.07. The van der Waals surface area contributed by atoms with E-state index in [-0.39, 0.29) is 18.5 Å². The number of carbonyl (C=O) groups excluding carboxylic acids is 1. The van der Waals surface area contributed by atoms with Crippen LogP contribution < -0.4 is 15.4 Å². The summed E-state index contributed by atoms with van der Waals surface area (Å²) in [4.78, 5) is 24.4. The van der Waals surface area contributed by atoms with Crippen LogP contribution in [0.1, 0.15) is 36.2 Å². The molecule has 9 heteroatoms. The molecule has 2 N–H and O–H groups in total. The lowest BCUT2D eigenvalue weighted by Gasteiger charge is -2.32. The Bertz CT molecular complexity index is 1360. The van der Waals surface area contributed by atoms with Crippen molar-refractivity contribution in [3.63, 3.8) is 0 Å². The zero-order valence-corrected chi connectivity index (χ0v) is 22.9. The van der Waals surface area contributed by atoms with Crippen molar-refractivity contribution in [1.29, 1.82) is 5.26 Å². The molecule has 1 amide bonds. The van der Waals surface area contributed by atoms with Gasteiger partial charge < -0.3 is 25.0 Å². The van der Waals surface area contributed by atoms with E-state index < -0.39 is 0 Å². The van der Waals surface area contributed by atoms with Crippen LogP contribution in [0.4, 0.5) is 5.69 Å². The number of hydrogen-bond donors (Lipinski definition) is 2. The van der Waals surface area contributed by atoms with E-state index in [4.69, 9.17) is 9.47 Å². The zero-order valence-electron chi connectivity index (χ0n) is 22.9. The van der Waals surface area contributed by atoms with Crippen LogP contribution in [0.15, 0.2) is 54.7 Å². The normalized spacial score (nSPS) is 17.0. The van der Waals surface area contributed by atoms with Gasteiger partial charge in [0.2, 0.25) is 0 Å². The number of hydrogen-bond acceptors (Lipinski definition) is 8. The zero-order chi connectivity index (χ0) is 27.8. The van der Waals surface area contributed by atoms with E-state index in [2.05, 4.69) is 52.2 Å². The second-order valence-corrected chi connectivity index (χ2v) is 9.99. The summed E-state index contributed by atoms with van der Waals surface area (Å²) in [5, 5.41) is 17.5. The summed E-state index contributed by atoms with van der Waals surface area (Å²) in [5.41, 5.74) is 2.25. The summed E-state index contributed by atoms with van der Waals surface area (Å²) in [7, 11) is 5.84. The Morgan fingerprint density at radius 2 is 1.92 bits per heavy atom. The van der Waals surface area contributed by atoms with Crippen LogP contribution in [-0.4, -0.2) is 73.8 Å². The van der Waals surface area contributed by atoms with E-state index in [9.17, 15) is 10.1 Å². The van der Waals surface area contributed by atoms with Crippen LogP contribution in [-0.2, 0) is 4.74 Å². The number of rotatable bonds is 11. The van der Waals surface area contributed by atoms with Crippen molar-refractivity contribution < 1.29 is 14.3 Å². The Balaban J connectivity index is 1.58. The molecule has 1 saturated carbocycles. The summed E-state index contributed by atoms with van der Waals surface area (Å²) in [5.74, 6) is 0.915. The fourth-order valence-electron chi connectivity index (χ4n) is 4.83. The Morgan fingerprint density at radius 1 is 1.15 bits per heavy atom. The molecular weight excluding hydrogens is 492 g/mol. The Morgan fingerprint density at radius 3 is 2.64 bits per heavy atom. The van der Waals surface area contributed by atoms with Gasteiger partial charge in [-0.25, -0.2) is 9.97 Å². The van der Waals surface area contributed by atoms with Gasteiger partial charge in [0, 0.05) is 48.5 Å². The van der Waals surface area contributed by atoms with Crippen molar-refractivity contribution in [3.05, 3.63) is 60.4 Å². The Kier molecular flexibility index (Phi) is 9.47. The van der Waals surface area contributed by atoms with Gasteiger partial charge in [0.1, 0.15) is 18.1 Å². The molecule has 1 heterocycles. The molecule has 1 aliphatic carbocycles. The van der Waals surface area contributed by atoms with E-state index in [1.807, 2.05) is 30.3 Å². The van der Waals surface area contributed by atoms with Gasteiger partial charge in [0.15, 0.2) is 5.82 Å². The Labute approximate surface area is 229 Å². The van der Waals surface area contributed by atoms with Crippen LogP contribution >= 0.6 is 0 Å². The standard InChI is InChI=1S/C30H36N6O3/c1-20(18-31)19-33-28-25-17-22(6-5-21(25)7-12-27(28)39-16-15-38-4)29-32-14-13-26(35-29)30(37)34-23-8-10-24(11-9-23)36(2)3/h5-7,12-14,17,23-24,33H,1,8-11,15-16,19H2,2-4H3,(H,34,37)/t23-,24-. The van der Waals surface area contributed by atoms with Gasteiger partial charge in [-0.05, 0) is 63.4 Å². The number of fused-ring (bicyclic) bond motifs is 1. The molecular formula is C30H36N6O3. The summed E-state index contributed by atoms with van der Waals surface area (Å²) >= 11 is 0.